The highest BCUT2D eigenvalue weighted by Gasteiger charge is 2.24. The Labute approximate surface area is 123 Å². The third-order valence-electron chi connectivity index (χ3n) is 3.47. The van der Waals surface area contributed by atoms with Gasteiger partial charge in [0, 0.05) is 13.1 Å². The van der Waals surface area contributed by atoms with Gasteiger partial charge in [0.15, 0.2) is 0 Å². The van der Waals surface area contributed by atoms with E-state index in [9.17, 15) is 9.59 Å². The summed E-state index contributed by atoms with van der Waals surface area (Å²) in [5.74, 6) is -0.958. The summed E-state index contributed by atoms with van der Waals surface area (Å²) in [7, 11) is 0. The van der Waals surface area contributed by atoms with Crippen LogP contribution in [-0.2, 0) is 0 Å². The van der Waals surface area contributed by atoms with E-state index in [1.807, 2.05) is 6.92 Å². The number of hydrogen-bond donors (Lipinski definition) is 1. The van der Waals surface area contributed by atoms with Gasteiger partial charge in [-0.1, -0.05) is 13.3 Å². The topological polar surface area (TPSA) is 79.7 Å². The Kier molecular flexibility index (Phi) is 5.14. The number of amides is 1. The van der Waals surface area contributed by atoms with Crippen molar-refractivity contribution in [3.05, 3.63) is 23.5 Å². The average Bonchev–Trinajstić information content (AvgIpc) is 3.01. The van der Waals surface area contributed by atoms with Gasteiger partial charge in [0.05, 0.1) is 18.4 Å². The van der Waals surface area contributed by atoms with E-state index >= 15 is 0 Å². The summed E-state index contributed by atoms with van der Waals surface area (Å²) in [5.41, 5.74) is 0.154. The van der Waals surface area contributed by atoms with Crippen molar-refractivity contribution in [2.24, 2.45) is 0 Å². The van der Waals surface area contributed by atoms with Crippen molar-refractivity contribution in [2.75, 3.05) is 19.7 Å². The Balaban J connectivity index is 2.26. The van der Waals surface area contributed by atoms with Crippen LogP contribution in [0.5, 0.6) is 5.75 Å². The Morgan fingerprint density at radius 2 is 2.10 bits per heavy atom. The third-order valence-corrected chi connectivity index (χ3v) is 3.47. The van der Waals surface area contributed by atoms with E-state index in [0.29, 0.717) is 31.0 Å². The van der Waals surface area contributed by atoms with Crippen LogP contribution < -0.4 is 4.74 Å². The average molecular weight is 292 g/mol. The molecule has 2 rings (SSSR count). The van der Waals surface area contributed by atoms with Crippen LogP contribution in [0.4, 0.5) is 0 Å². The van der Waals surface area contributed by atoms with Gasteiger partial charge in [-0.25, -0.2) is 9.78 Å². The number of carboxylic acids is 1. The summed E-state index contributed by atoms with van der Waals surface area (Å²) < 4.78 is 5.59. The molecule has 21 heavy (non-hydrogen) atoms. The Bertz CT molecular complexity index is 524. The summed E-state index contributed by atoms with van der Waals surface area (Å²) in [6, 6.07) is 1.31. The zero-order chi connectivity index (χ0) is 15.2. The van der Waals surface area contributed by atoms with Crippen molar-refractivity contribution in [1.29, 1.82) is 0 Å². The quantitative estimate of drug-likeness (QED) is 0.813. The van der Waals surface area contributed by atoms with Crippen LogP contribution in [0, 0.1) is 0 Å². The molecule has 0 saturated carbocycles. The maximum Gasteiger partial charge on any atom is 0.354 e. The number of pyridine rings is 1. The lowest BCUT2D eigenvalue weighted by Gasteiger charge is -2.18. The zero-order valence-corrected chi connectivity index (χ0v) is 12.2. The molecule has 0 bridgehead atoms. The number of rotatable bonds is 6. The minimum absolute atomic E-state index is 0.139. The predicted octanol–water partition coefficient (Wildman–Crippen LogP) is 2.19. The van der Waals surface area contributed by atoms with Gasteiger partial charge >= 0.3 is 5.97 Å². The Morgan fingerprint density at radius 1 is 1.38 bits per heavy atom. The summed E-state index contributed by atoms with van der Waals surface area (Å²) in [6.07, 6.45) is 5.15. The van der Waals surface area contributed by atoms with Crippen molar-refractivity contribution in [2.45, 2.75) is 32.6 Å². The molecule has 1 saturated heterocycles. The first-order chi connectivity index (χ1) is 10.1. The lowest BCUT2D eigenvalue weighted by Crippen LogP contribution is -2.28. The molecule has 1 aliphatic rings. The van der Waals surface area contributed by atoms with E-state index in [1.165, 1.54) is 12.3 Å². The van der Waals surface area contributed by atoms with Crippen LogP contribution in [0.3, 0.4) is 0 Å². The number of aromatic carboxylic acids is 1. The van der Waals surface area contributed by atoms with E-state index in [4.69, 9.17) is 9.84 Å². The fourth-order valence-corrected chi connectivity index (χ4v) is 2.26. The minimum Gasteiger partial charge on any atom is -0.491 e. The molecular formula is C15H20N2O4. The first-order valence-electron chi connectivity index (χ1n) is 7.29. The second-order valence-electron chi connectivity index (χ2n) is 5.07. The molecule has 0 unspecified atom stereocenters. The standard InChI is InChI=1S/C15H20N2O4/c1-2-3-8-21-13-10-16-12(15(19)20)9-11(13)14(18)17-6-4-5-7-17/h9-10H,2-8H2,1H3,(H,19,20). The number of hydrogen-bond acceptors (Lipinski definition) is 4. The van der Waals surface area contributed by atoms with Gasteiger partial charge in [-0.2, -0.15) is 0 Å². The van der Waals surface area contributed by atoms with Gasteiger partial charge in [-0.05, 0) is 25.3 Å². The van der Waals surface area contributed by atoms with Crippen molar-refractivity contribution >= 4 is 11.9 Å². The predicted molar refractivity (Wildman–Crippen MR) is 76.7 cm³/mol. The van der Waals surface area contributed by atoms with E-state index in [2.05, 4.69) is 4.98 Å². The molecule has 1 amide bonds. The fourth-order valence-electron chi connectivity index (χ4n) is 2.26. The van der Waals surface area contributed by atoms with E-state index in [1.54, 1.807) is 4.90 Å². The van der Waals surface area contributed by atoms with Crippen LogP contribution in [0.1, 0.15) is 53.5 Å². The normalized spacial score (nSPS) is 14.2. The smallest absolute Gasteiger partial charge is 0.354 e. The first-order valence-corrected chi connectivity index (χ1v) is 7.29. The number of ether oxygens (including phenoxy) is 1. The molecule has 114 valence electrons. The van der Waals surface area contributed by atoms with Crippen molar-refractivity contribution in [3.63, 3.8) is 0 Å². The molecule has 1 fully saturated rings. The molecule has 2 heterocycles. The summed E-state index contributed by atoms with van der Waals surface area (Å²) in [6.45, 7) is 3.95. The van der Waals surface area contributed by atoms with Crippen LogP contribution in [0.15, 0.2) is 12.3 Å². The molecule has 0 atom stereocenters. The summed E-state index contributed by atoms with van der Waals surface area (Å²) >= 11 is 0. The number of carboxylic acid groups (broad SMARTS) is 1. The maximum absolute atomic E-state index is 12.5. The number of aromatic nitrogens is 1. The van der Waals surface area contributed by atoms with Crippen molar-refractivity contribution in [1.82, 2.24) is 9.88 Å². The van der Waals surface area contributed by atoms with Crippen LogP contribution in [0.25, 0.3) is 0 Å². The number of carbonyl (C=O) groups is 2. The molecule has 6 nitrogen and oxygen atoms in total. The Hall–Kier alpha value is -2.11. The molecule has 0 radical (unpaired) electrons. The lowest BCUT2D eigenvalue weighted by atomic mass is 10.2. The highest BCUT2D eigenvalue weighted by Crippen LogP contribution is 2.23. The Morgan fingerprint density at radius 3 is 2.71 bits per heavy atom. The van der Waals surface area contributed by atoms with Gasteiger partial charge in [0.1, 0.15) is 11.4 Å². The van der Waals surface area contributed by atoms with Crippen molar-refractivity contribution in [3.8, 4) is 5.75 Å². The zero-order valence-electron chi connectivity index (χ0n) is 12.2. The van der Waals surface area contributed by atoms with E-state index in [-0.39, 0.29) is 11.6 Å². The molecule has 0 aromatic carbocycles. The summed E-state index contributed by atoms with van der Waals surface area (Å²) in [4.78, 5) is 29.1. The summed E-state index contributed by atoms with van der Waals surface area (Å²) in [5, 5.41) is 9.03. The number of likely N-dealkylation sites (tertiary alicyclic amines) is 1. The molecule has 1 aromatic heterocycles. The third kappa shape index (κ3) is 3.71. The van der Waals surface area contributed by atoms with E-state index < -0.39 is 5.97 Å². The van der Waals surface area contributed by atoms with Crippen LogP contribution in [0.2, 0.25) is 0 Å². The van der Waals surface area contributed by atoms with E-state index in [0.717, 1.165) is 25.7 Å². The minimum atomic E-state index is -1.15. The molecular weight excluding hydrogens is 272 g/mol. The molecule has 1 N–H and O–H groups in total. The second-order valence-corrected chi connectivity index (χ2v) is 5.07. The maximum atomic E-state index is 12.5. The van der Waals surface area contributed by atoms with Gasteiger partial charge < -0.3 is 14.7 Å². The highest BCUT2D eigenvalue weighted by atomic mass is 16.5. The first kappa shape index (κ1) is 15.3. The van der Waals surface area contributed by atoms with Gasteiger partial charge in [-0.15, -0.1) is 0 Å². The number of nitrogens with zero attached hydrogens (tertiary/aromatic N) is 2. The molecule has 0 aliphatic carbocycles. The van der Waals surface area contributed by atoms with Crippen LogP contribution in [-0.4, -0.2) is 46.6 Å². The SMILES string of the molecule is CCCCOc1cnc(C(=O)O)cc1C(=O)N1CCCC1. The lowest BCUT2D eigenvalue weighted by molar-refractivity contribution is 0.0690. The molecule has 1 aliphatic heterocycles. The number of carbonyl (C=O) groups excluding carboxylic acids is 1. The molecule has 1 aromatic rings. The van der Waals surface area contributed by atoms with Gasteiger partial charge in [-0.3, -0.25) is 4.79 Å². The largest absolute Gasteiger partial charge is 0.491 e. The second kappa shape index (κ2) is 7.06. The molecule has 6 heteroatoms. The van der Waals surface area contributed by atoms with Crippen molar-refractivity contribution < 1.29 is 19.4 Å². The molecule has 0 spiro atoms. The highest BCUT2D eigenvalue weighted by molar-refractivity contribution is 5.99. The van der Waals surface area contributed by atoms with Gasteiger partial charge in [0.2, 0.25) is 0 Å². The number of unbranched alkanes of at least 4 members (excludes halogenated alkanes) is 1. The van der Waals surface area contributed by atoms with Crippen LogP contribution >= 0.6 is 0 Å². The van der Waals surface area contributed by atoms with Gasteiger partial charge in [0.25, 0.3) is 5.91 Å². The fraction of sp³-hybridized carbons (Fsp3) is 0.533. The monoisotopic (exact) mass is 292 g/mol.